The molecule has 1 aliphatic heterocycles. The van der Waals surface area contributed by atoms with Gasteiger partial charge in [-0.3, -0.25) is 9.59 Å². The largest absolute Gasteiger partial charge is 0.871 e. The summed E-state index contributed by atoms with van der Waals surface area (Å²) in [6.07, 6.45) is 1.77. The third-order valence-corrected chi connectivity index (χ3v) is 5.73. The number of carbonyl (C=O) groups excluding carboxylic acids is 2. The van der Waals surface area contributed by atoms with Crippen LogP contribution in [0.25, 0.3) is 11.4 Å². The molecule has 1 saturated heterocycles. The van der Waals surface area contributed by atoms with Crippen molar-refractivity contribution in [2.45, 2.75) is 19.9 Å². The van der Waals surface area contributed by atoms with Crippen molar-refractivity contribution in [1.29, 1.82) is 0 Å². The molecule has 1 aliphatic rings. The van der Waals surface area contributed by atoms with E-state index in [4.69, 9.17) is 0 Å². The van der Waals surface area contributed by atoms with Crippen LogP contribution in [0, 0.1) is 13.8 Å². The lowest BCUT2D eigenvalue weighted by Crippen LogP contribution is -3.06. The number of benzene rings is 1. The second-order valence-corrected chi connectivity index (χ2v) is 8.27. The predicted molar refractivity (Wildman–Crippen MR) is 115 cm³/mol. The Morgan fingerprint density at radius 2 is 1.81 bits per heavy atom. The molecule has 0 spiro atoms. The van der Waals surface area contributed by atoms with Gasteiger partial charge in [-0.2, -0.15) is 0 Å². The van der Waals surface area contributed by atoms with E-state index in [2.05, 4.69) is 4.98 Å². The summed E-state index contributed by atoms with van der Waals surface area (Å²) in [6.45, 7) is 4.73. The molecule has 7 heteroatoms. The molecule has 160 valence electrons. The van der Waals surface area contributed by atoms with E-state index in [1.165, 1.54) is 4.90 Å². The molecule has 1 unspecified atom stereocenters. The SMILES string of the molecule is Cc1nc2c(C)cccn2c1C([O-])=C1C(=O)C(=O)N(CC[NH+](C)C)C1c1ccccc1. The predicted octanol–water partition coefficient (Wildman–Crippen LogP) is 0.320. The smallest absolute Gasteiger partial charge is 0.295 e. The van der Waals surface area contributed by atoms with Crippen LogP contribution in [0.15, 0.2) is 54.2 Å². The molecular formula is C24H26N4O3. The molecule has 0 saturated carbocycles. The fourth-order valence-corrected chi connectivity index (χ4v) is 4.15. The molecule has 0 bridgehead atoms. The quantitative estimate of drug-likeness (QED) is 0.368. The Labute approximate surface area is 181 Å². The minimum absolute atomic E-state index is 0.00337. The van der Waals surface area contributed by atoms with E-state index in [9.17, 15) is 14.7 Å². The molecular weight excluding hydrogens is 392 g/mol. The summed E-state index contributed by atoms with van der Waals surface area (Å²) in [4.78, 5) is 33.3. The number of nitrogens with zero attached hydrogens (tertiary/aromatic N) is 3. The number of rotatable bonds is 5. The summed E-state index contributed by atoms with van der Waals surface area (Å²) in [5.74, 6) is -1.79. The first-order chi connectivity index (χ1) is 14.8. The third kappa shape index (κ3) is 3.51. The number of nitrogens with one attached hydrogen (secondary N) is 1. The van der Waals surface area contributed by atoms with Crippen LogP contribution in [0.2, 0.25) is 0 Å². The molecule has 1 N–H and O–H groups in total. The van der Waals surface area contributed by atoms with Crippen LogP contribution in [-0.4, -0.2) is 53.2 Å². The van der Waals surface area contributed by atoms with Crippen LogP contribution in [0.3, 0.4) is 0 Å². The molecule has 0 aliphatic carbocycles. The number of Topliss-reactive ketones (excluding diaryl/α,β-unsaturated/α-hetero) is 1. The lowest BCUT2D eigenvalue weighted by molar-refractivity contribution is -0.857. The Kier molecular flexibility index (Phi) is 5.37. The summed E-state index contributed by atoms with van der Waals surface area (Å²) < 4.78 is 1.71. The highest BCUT2D eigenvalue weighted by Gasteiger charge is 2.44. The van der Waals surface area contributed by atoms with E-state index < -0.39 is 23.5 Å². The van der Waals surface area contributed by atoms with E-state index in [1.54, 1.807) is 17.5 Å². The molecule has 7 nitrogen and oxygen atoms in total. The van der Waals surface area contributed by atoms with E-state index in [-0.39, 0.29) is 5.57 Å². The first-order valence-electron chi connectivity index (χ1n) is 10.4. The maximum absolute atomic E-state index is 13.8. The van der Waals surface area contributed by atoms with Crippen molar-refractivity contribution in [2.24, 2.45) is 0 Å². The van der Waals surface area contributed by atoms with Gasteiger partial charge in [-0.25, -0.2) is 4.98 Å². The first-order valence-corrected chi connectivity index (χ1v) is 10.4. The highest BCUT2D eigenvalue weighted by atomic mass is 16.3. The van der Waals surface area contributed by atoms with Crippen molar-refractivity contribution >= 4 is 23.1 Å². The van der Waals surface area contributed by atoms with Gasteiger partial charge in [-0.1, -0.05) is 42.2 Å². The number of carbonyl (C=O) groups is 2. The zero-order valence-electron chi connectivity index (χ0n) is 18.2. The second-order valence-electron chi connectivity index (χ2n) is 8.27. The second kappa shape index (κ2) is 8.00. The lowest BCUT2D eigenvalue weighted by Gasteiger charge is -2.27. The Morgan fingerprint density at radius 1 is 1.10 bits per heavy atom. The number of likely N-dealkylation sites (tertiary alicyclic amines) is 1. The van der Waals surface area contributed by atoms with Gasteiger partial charge in [0.25, 0.3) is 5.91 Å². The molecule has 0 radical (unpaired) electrons. The van der Waals surface area contributed by atoms with Crippen LogP contribution in [-0.2, 0) is 9.59 Å². The Morgan fingerprint density at radius 3 is 2.48 bits per heavy atom. The molecule has 2 aromatic heterocycles. The van der Waals surface area contributed by atoms with Gasteiger partial charge >= 0.3 is 0 Å². The van der Waals surface area contributed by atoms with E-state index >= 15 is 0 Å². The standard InChI is InChI=1S/C24H26N4O3/c1-15-9-8-12-27-19(16(2)25-23(15)27)21(29)18-20(17-10-6-5-7-11-17)28(14-13-26(3)4)24(31)22(18)30/h5-12,20,29H,13-14H2,1-4H3. The fraction of sp³-hybridized carbons (Fsp3) is 0.292. The minimum atomic E-state index is -0.727. The molecule has 3 heterocycles. The van der Waals surface area contributed by atoms with E-state index in [0.29, 0.717) is 30.1 Å². The number of imidazole rings is 1. The zero-order valence-corrected chi connectivity index (χ0v) is 18.2. The number of hydrogen-bond donors (Lipinski definition) is 1. The van der Waals surface area contributed by atoms with E-state index in [1.807, 2.05) is 63.5 Å². The summed E-state index contributed by atoms with van der Waals surface area (Å²) in [5.41, 5.74) is 3.22. The normalized spacial score (nSPS) is 18.5. The van der Waals surface area contributed by atoms with Gasteiger partial charge in [-0.15, -0.1) is 0 Å². The van der Waals surface area contributed by atoms with Gasteiger partial charge in [0, 0.05) is 11.8 Å². The first kappa shape index (κ1) is 20.8. The summed E-state index contributed by atoms with van der Waals surface area (Å²) in [5, 5.41) is 13.8. The minimum Gasteiger partial charge on any atom is -0.871 e. The number of aryl methyl sites for hydroxylation is 2. The van der Waals surface area contributed by atoms with Crippen LogP contribution in [0.4, 0.5) is 0 Å². The Balaban J connectivity index is 1.94. The van der Waals surface area contributed by atoms with Gasteiger partial charge in [0.15, 0.2) is 0 Å². The van der Waals surface area contributed by atoms with Crippen LogP contribution in [0.5, 0.6) is 0 Å². The molecule has 31 heavy (non-hydrogen) atoms. The number of hydrogen-bond acceptors (Lipinski definition) is 4. The average molecular weight is 418 g/mol. The van der Waals surface area contributed by atoms with Gasteiger partial charge in [-0.05, 0) is 31.0 Å². The number of fused-ring (bicyclic) bond motifs is 1. The van der Waals surface area contributed by atoms with E-state index in [0.717, 1.165) is 16.0 Å². The van der Waals surface area contributed by atoms with Gasteiger partial charge in [0.05, 0.1) is 44.6 Å². The van der Waals surface area contributed by atoms with Crippen molar-refractivity contribution in [3.8, 4) is 0 Å². The Bertz CT molecular complexity index is 1190. The molecule has 1 aromatic carbocycles. The highest BCUT2D eigenvalue weighted by Crippen LogP contribution is 2.38. The number of quaternary nitrogens is 1. The molecule has 3 aromatic rings. The number of amides is 1. The zero-order chi connectivity index (χ0) is 22.3. The van der Waals surface area contributed by atoms with Crippen LogP contribution < -0.4 is 10.0 Å². The number of pyridine rings is 1. The van der Waals surface area contributed by atoms with Crippen molar-refractivity contribution in [3.63, 3.8) is 0 Å². The van der Waals surface area contributed by atoms with Crippen LogP contribution in [0.1, 0.15) is 28.6 Å². The molecule has 1 amide bonds. The fourth-order valence-electron chi connectivity index (χ4n) is 4.15. The maximum Gasteiger partial charge on any atom is 0.295 e. The van der Waals surface area contributed by atoms with Crippen molar-refractivity contribution in [2.75, 3.05) is 27.2 Å². The molecule has 4 rings (SSSR count). The molecule has 1 fully saturated rings. The van der Waals surface area contributed by atoms with Crippen molar-refractivity contribution < 1.29 is 19.6 Å². The van der Waals surface area contributed by atoms with Crippen LogP contribution >= 0.6 is 0 Å². The highest BCUT2D eigenvalue weighted by molar-refractivity contribution is 6.46. The lowest BCUT2D eigenvalue weighted by atomic mass is 9.96. The monoisotopic (exact) mass is 418 g/mol. The maximum atomic E-state index is 13.8. The number of likely N-dealkylation sites (N-methyl/N-ethyl adjacent to an activating group) is 1. The summed E-state index contributed by atoms with van der Waals surface area (Å²) in [6, 6.07) is 12.3. The van der Waals surface area contributed by atoms with Crippen molar-refractivity contribution in [3.05, 3.63) is 76.7 Å². The summed E-state index contributed by atoms with van der Waals surface area (Å²) >= 11 is 0. The Hall–Kier alpha value is -3.45. The average Bonchev–Trinajstić information content (AvgIpc) is 3.21. The van der Waals surface area contributed by atoms with Crippen molar-refractivity contribution in [1.82, 2.24) is 14.3 Å². The van der Waals surface area contributed by atoms with Gasteiger partial charge in [0.2, 0.25) is 5.78 Å². The number of aromatic nitrogens is 2. The third-order valence-electron chi connectivity index (χ3n) is 5.73. The molecule has 1 atom stereocenters. The van der Waals surface area contributed by atoms with Gasteiger partial charge < -0.3 is 19.3 Å². The number of ketones is 1. The topological polar surface area (TPSA) is 82.2 Å². The summed E-state index contributed by atoms with van der Waals surface area (Å²) in [7, 11) is 3.97. The van der Waals surface area contributed by atoms with Gasteiger partial charge in [0.1, 0.15) is 5.65 Å².